The molecule has 0 bridgehead atoms. The van der Waals surface area contributed by atoms with E-state index in [0.29, 0.717) is 23.4 Å². The van der Waals surface area contributed by atoms with Gasteiger partial charge >= 0.3 is 0 Å². The summed E-state index contributed by atoms with van der Waals surface area (Å²) in [6, 6.07) is 15.6. The fourth-order valence-corrected chi connectivity index (χ4v) is 3.91. The fourth-order valence-electron chi connectivity index (χ4n) is 1.95. The number of sulfone groups is 1. The lowest BCUT2D eigenvalue weighted by Gasteiger charge is -2.07. The molecule has 0 saturated heterocycles. The maximum absolute atomic E-state index is 12.1. The smallest absolute Gasteiger partial charge is 0.252 e. The Morgan fingerprint density at radius 1 is 1.00 bits per heavy atom. The summed E-state index contributed by atoms with van der Waals surface area (Å²) in [4.78, 5) is 12.3. The Morgan fingerprint density at radius 2 is 1.64 bits per heavy atom. The van der Waals surface area contributed by atoms with Gasteiger partial charge in [0.2, 0.25) is 0 Å². The Balaban J connectivity index is 1.85. The van der Waals surface area contributed by atoms with E-state index in [4.69, 9.17) is 0 Å². The van der Waals surface area contributed by atoms with Gasteiger partial charge in [-0.05, 0) is 53.3 Å². The molecule has 0 fully saturated rings. The van der Waals surface area contributed by atoms with E-state index in [1.807, 2.05) is 12.1 Å². The summed E-state index contributed by atoms with van der Waals surface area (Å²) in [5.74, 6) is -0.162. The van der Waals surface area contributed by atoms with E-state index in [1.165, 1.54) is 0 Å². The highest BCUT2D eigenvalue weighted by molar-refractivity contribution is 14.1. The Hall–Kier alpha value is -1.41. The molecule has 4 nitrogen and oxygen atoms in total. The van der Waals surface area contributed by atoms with Crippen molar-refractivity contribution >= 4 is 38.3 Å². The van der Waals surface area contributed by atoms with Crippen LogP contribution in [0.1, 0.15) is 16.8 Å². The molecule has 0 spiro atoms. The van der Waals surface area contributed by atoms with E-state index in [2.05, 4.69) is 27.9 Å². The van der Waals surface area contributed by atoms with Crippen LogP contribution in [0.25, 0.3) is 0 Å². The molecule has 1 amide bonds. The van der Waals surface area contributed by atoms with Gasteiger partial charge in [0.05, 0.1) is 16.2 Å². The molecule has 0 atom stereocenters. The molecule has 0 aliphatic carbocycles. The zero-order valence-electron chi connectivity index (χ0n) is 11.8. The summed E-state index contributed by atoms with van der Waals surface area (Å²) in [6.45, 7) is 0.329. The average molecular weight is 429 g/mol. The molecule has 0 aliphatic heterocycles. The van der Waals surface area contributed by atoms with Gasteiger partial charge in [-0.15, -0.1) is 0 Å². The minimum Gasteiger partial charge on any atom is -0.352 e. The number of benzene rings is 2. The second-order valence-electron chi connectivity index (χ2n) is 4.72. The summed E-state index contributed by atoms with van der Waals surface area (Å²) < 4.78 is 25.0. The first-order chi connectivity index (χ1) is 10.5. The van der Waals surface area contributed by atoms with E-state index < -0.39 is 9.84 Å². The molecule has 2 aromatic rings. The summed E-state index contributed by atoms with van der Waals surface area (Å²) in [7, 11) is -3.28. The zero-order chi connectivity index (χ0) is 16.0. The zero-order valence-corrected chi connectivity index (χ0v) is 14.8. The summed E-state index contributed by atoms with van der Waals surface area (Å²) >= 11 is 2.10. The monoisotopic (exact) mass is 429 g/mol. The van der Waals surface area contributed by atoms with Gasteiger partial charge < -0.3 is 5.32 Å². The lowest BCUT2D eigenvalue weighted by molar-refractivity contribution is 0.0953. The molecule has 22 heavy (non-hydrogen) atoms. The van der Waals surface area contributed by atoms with Gasteiger partial charge in [0.1, 0.15) is 0 Å². The van der Waals surface area contributed by atoms with Crippen LogP contribution in [0.3, 0.4) is 0 Å². The normalized spacial score (nSPS) is 11.1. The molecule has 0 aliphatic rings. The molecule has 0 unspecified atom stereocenters. The van der Waals surface area contributed by atoms with Crippen molar-refractivity contribution in [3.05, 3.63) is 63.7 Å². The quantitative estimate of drug-likeness (QED) is 0.568. The number of carbonyl (C=O) groups excluding carboxylic acids is 1. The maximum Gasteiger partial charge on any atom is 0.252 e. The summed E-state index contributed by atoms with van der Waals surface area (Å²) in [5, 5.41) is 2.76. The molecule has 1 N–H and O–H groups in total. The molecule has 116 valence electrons. The molecule has 2 rings (SSSR count). The van der Waals surface area contributed by atoms with Crippen LogP contribution in [0, 0.1) is 3.57 Å². The van der Waals surface area contributed by atoms with Crippen LogP contribution < -0.4 is 5.32 Å². The van der Waals surface area contributed by atoms with Crippen LogP contribution in [-0.2, 0) is 9.84 Å². The number of carbonyl (C=O) groups is 1. The Bertz CT molecular complexity index is 745. The molecule has 0 heterocycles. The van der Waals surface area contributed by atoms with Crippen LogP contribution in [0.4, 0.5) is 0 Å². The van der Waals surface area contributed by atoms with Gasteiger partial charge in [-0.2, -0.15) is 0 Å². The van der Waals surface area contributed by atoms with Crippen molar-refractivity contribution in [3.63, 3.8) is 0 Å². The molecular formula is C16H16INO3S. The summed E-state index contributed by atoms with van der Waals surface area (Å²) in [6.07, 6.45) is 0.381. The van der Waals surface area contributed by atoms with Crippen molar-refractivity contribution in [2.75, 3.05) is 12.3 Å². The minimum absolute atomic E-state index is 0.0170. The third kappa shape index (κ3) is 4.54. The Morgan fingerprint density at radius 3 is 2.32 bits per heavy atom. The minimum atomic E-state index is -3.28. The average Bonchev–Trinajstić information content (AvgIpc) is 2.53. The third-order valence-corrected chi connectivity index (χ3v) is 5.85. The van der Waals surface area contributed by atoms with E-state index in [9.17, 15) is 13.2 Å². The van der Waals surface area contributed by atoms with Gasteiger partial charge in [0.25, 0.3) is 5.91 Å². The number of hydrogen-bond acceptors (Lipinski definition) is 3. The van der Waals surface area contributed by atoms with Gasteiger partial charge in [-0.25, -0.2) is 8.42 Å². The van der Waals surface area contributed by atoms with Crippen molar-refractivity contribution in [3.8, 4) is 0 Å². The van der Waals surface area contributed by atoms with Gasteiger partial charge in [0.15, 0.2) is 9.84 Å². The van der Waals surface area contributed by atoms with Crippen molar-refractivity contribution in [2.24, 2.45) is 0 Å². The predicted octanol–water partition coefficient (Wildman–Crippen LogP) is 2.89. The van der Waals surface area contributed by atoms with Crippen molar-refractivity contribution in [2.45, 2.75) is 11.3 Å². The first-order valence-electron chi connectivity index (χ1n) is 6.81. The SMILES string of the molecule is O=C(NCCCS(=O)(=O)c1ccccc1)c1ccccc1I. The van der Waals surface area contributed by atoms with Gasteiger partial charge in [0, 0.05) is 10.1 Å². The first kappa shape index (κ1) is 17.0. The lowest BCUT2D eigenvalue weighted by atomic mass is 10.2. The van der Waals surface area contributed by atoms with E-state index in [0.717, 1.165) is 3.57 Å². The fraction of sp³-hybridized carbons (Fsp3) is 0.188. The molecular weight excluding hydrogens is 413 g/mol. The molecule has 2 aromatic carbocycles. The second kappa shape index (κ2) is 7.73. The van der Waals surface area contributed by atoms with Crippen LogP contribution in [0.5, 0.6) is 0 Å². The molecule has 0 radical (unpaired) electrons. The summed E-state index contributed by atoms with van der Waals surface area (Å²) in [5.41, 5.74) is 0.606. The highest BCUT2D eigenvalue weighted by Crippen LogP contribution is 2.12. The largest absolute Gasteiger partial charge is 0.352 e. The van der Waals surface area contributed by atoms with E-state index in [-0.39, 0.29) is 11.7 Å². The molecule has 0 aromatic heterocycles. The van der Waals surface area contributed by atoms with E-state index in [1.54, 1.807) is 42.5 Å². The molecule has 6 heteroatoms. The van der Waals surface area contributed by atoms with Crippen LogP contribution in [0.15, 0.2) is 59.5 Å². The maximum atomic E-state index is 12.1. The Kier molecular flexibility index (Phi) is 5.96. The third-order valence-electron chi connectivity index (χ3n) is 3.10. The number of amides is 1. The van der Waals surface area contributed by atoms with Crippen LogP contribution in [0.2, 0.25) is 0 Å². The van der Waals surface area contributed by atoms with Gasteiger partial charge in [-0.1, -0.05) is 30.3 Å². The second-order valence-corrected chi connectivity index (χ2v) is 7.99. The molecule has 0 saturated carbocycles. The van der Waals surface area contributed by atoms with Crippen molar-refractivity contribution in [1.82, 2.24) is 5.32 Å². The van der Waals surface area contributed by atoms with Crippen LogP contribution >= 0.6 is 22.6 Å². The van der Waals surface area contributed by atoms with Crippen molar-refractivity contribution in [1.29, 1.82) is 0 Å². The number of rotatable bonds is 6. The van der Waals surface area contributed by atoms with Crippen LogP contribution in [-0.4, -0.2) is 26.6 Å². The number of halogens is 1. The topological polar surface area (TPSA) is 63.2 Å². The van der Waals surface area contributed by atoms with Gasteiger partial charge in [-0.3, -0.25) is 4.79 Å². The number of nitrogens with one attached hydrogen (secondary N) is 1. The first-order valence-corrected chi connectivity index (χ1v) is 9.54. The van der Waals surface area contributed by atoms with E-state index >= 15 is 0 Å². The number of hydrogen-bond donors (Lipinski definition) is 1. The lowest BCUT2D eigenvalue weighted by Crippen LogP contribution is -2.26. The highest BCUT2D eigenvalue weighted by Gasteiger charge is 2.14. The van der Waals surface area contributed by atoms with Crippen molar-refractivity contribution < 1.29 is 13.2 Å². The standard InChI is InChI=1S/C16H16INO3S/c17-15-10-5-4-9-14(15)16(19)18-11-6-12-22(20,21)13-7-2-1-3-8-13/h1-5,7-10H,6,11-12H2,(H,18,19). The Labute approximate surface area is 144 Å². The predicted molar refractivity (Wildman–Crippen MR) is 94.6 cm³/mol. The highest BCUT2D eigenvalue weighted by atomic mass is 127.